The zero-order chi connectivity index (χ0) is 12.8. The van der Waals surface area contributed by atoms with Crippen LogP contribution in [0.4, 0.5) is 4.79 Å². The largest absolute Gasteiger partial charge is 0.338 e. The average Bonchev–Trinajstić information content (AvgIpc) is 3.15. The van der Waals surface area contributed by atoms with Gasteiger partial charge in [-0.1, -0.05) is 6.92 Å². The highest BCUT2D eigenvalue weighted by Crippen LogP contribution is 2.18. The Morgan fingerprint density at radius 1 is 1.22 bits per heavy atom. The molecule has 1 heterocycles. The van der Waals surface area contributed by atoms with Crippen molar-refractivity contribution < 1.29 is 4.79 Å². The van der Waals surface area contributed by atoms with E-state index in [9.17, 15) is 4.79 Å². The van der Waals surface area contributed by atoms with Crippen LogP contribution in [-0.2, 0) is 0 Å². The molecule has 0 aromatic heterocycles. The molecule has 104 valence electrons. The highest BCUT2D eigenvalue weighted by Gasteiger charge is 2.22. The summed E-state index contributed by atoms with van der Waals surface area (Å²) in [6.45, 7) is 5.09. The van der Waals surface area contributed by atoms with Crippen LogP contribution in [0.2, 0.25) is 0 Å². The number of piperidine rings is 1. The van der Waals surface area contributed by atoms with E-state index in [0.29, 0.717) is 12.2 Å². The highest BCUT2D eigenvalue weighted by molar-refractivity contribution is 5.74. The summed E-state index contributed by atoms with van der Waals surface area (Å²) in [4.78, 5) is 11.3. The van der Waals surface area contributed by atoms with Gasteiger partial charge < -0.3 is 21.3 Å². The summed E-state index contributed by atoms with van der Waals surface area (Å²) in [6, 6.07) is 0.429. The molecule has 0 aromatic carbocycles. The van der Waals surface area contributed by atoms with Gasteiger partial charge in [0.05, 0.1) is 6.17 Å². The number of carbonyl (C=O) groups is 1. The lowest BCUT2D eigenvalue weighted by molar-refractivity contribution is 0.240. The van der Waals surface area contributed by atoms with Crippen LogP contribution in [0.25, 0.3) is 0 Å². The summed E-state index contributed by atoms with van der Waals surface area (Å²) >= 11 is 0. The number of amides is 2. The fraction of sp³-hybridized carbons (Fsp3) is 0.923. The van der Waals surface area contributed by atoms with Crippen molar-refractivity contribution in [2.45, 2.75) is 51.2 Å². The average molecular weight is 254 g/mol. The normalized spacial score (nSPS) is 27.8. The Kier molecular flexibility index (Phi) is 5.26. The Hall–Kier alpha value is -0.810. The Labute approximate surface area is 109 Å². The molecule has 0 spiro atoms. The van der Waals surface area contributed by atoms with E-state index in [0.717, 1.165) is 44.8 Å². The predicted molar refractivity (Wildman–Crippen MR) is 72.4 cm³/mol. The first kappa shape index (κ1) is 13.6. The lowest BCUT2D eigenvalue weighted by atomic mass is 10.00. The minimum absolute atomic E-state index is 0.0119. The second kappa shape index (κ2) is 6.95. The van der Waals surface area contributed by atoms with Crippen molar-refractivity contribution in [1.29, 1.82) is 0 Å². The number of hydrogen-bond acceptors (Lipinski definition) is 3. The molecule has 5 heteroatoms. The molecule has 0 radical (unpaired) electrons. The Morgan fingerprint density at radius 2 is 2.06 bits per heavy atom. The van der Waals surface area contributed by atoms with E-state index in [4.69, 9.17) is 0 Å². The molecule has 1 aliphatic carbocycles. The molecule has 1 saturated heterocycles. The van der Waals surface area contributed by atoms with Gasteiger partial charge in [-0.2, -0.15) is 0 Å². The maximum atomic E-state index is 11.3. The smallest absolute Gasteiger partial charge is 0.315 e. The molecule has 0 bridgehead atoms. The van der Waals surface area contributed by atoms with Gasteiger partial charge in [-0.05, 0) is 51.1 Å². The molecule has 1 saturated carbocycles. The fourth-order valence-electron chi connectivity index (χ4n) is 2.20. The molecule has 4 N–H and O–H groups in total. The first-order chi connectivity index (χ1) is 8.74. The molecule has 1 aliphatic heterocycles. The van der Waals surface area contributed by atoms with Crippen LogP contribution in [0, 0.1) is 5.92 Å². The number of rotatable bonds is 6. The topological polar surface area (TPSA) is 65.2 Å². The number of urea groups is 1. The quantitative estimate of drug-likeness (QED) is 0.530. The lowest BCUT2D eigenvalue weighted by Gasteiger charge is -2.28. The Bertz CT molecular complexity index is 260. The molecular weight excluding hydrogens is 228 g/mol. The maximum absolute atomic E-state index is 11.3. The standard InChI is InChI=1S/C13H26N4O/c1-10-3-6-12(16-9-10)14-7-2-8-15-13(18)17-11-4-5-11/h10-12,14,16H,2-9H2,1H3,(H2,15,17,18). The van der Waals surface area contributed by atoms with Crippen LogP contribution < -0.4 is 21.3 Å². The second-order valence-corrected chi connectivity index (χ2v) is 5.63. The van der Waals surface area contributed by atoms with E-state index in [1.54, 1.807) is 0 Å². The van der Waals surface area contributed by atoms with Gasteiger partial charge in [0.15, 0.2) is 0 Å². The van der Waals surface area contributed by atoms with E-state index >= 15 is 0 Å². The predicted octanol–water partition coefficient (Wildman–Crippen LogP) is 0.773. The van der Waals surface area contributed by atoms with Crippen molar-refractivity contribution in [3.05, 3.63) is 0 Å². The van der Waals surface area contributed by atoms with Gasteiger partial charge in [-0.25, -0.2) is 4.79 Å². The summed E-state index contributed by atoms with van der Waals surface area (Å²) < 4.78 is 0. The Morgan fingerprint density at radius 3 is 2.72 bits per heavy atom. The first-order valence-corrected chi connectivity index (χ1v) is 7.25. The molecule has 2 fully saturated rings. The maximum Gasteiger partial charge on any atom is 0.315 e. The fourth-order valence-corrected chi connectivity index (χ4v) is 2.20. The van der Waals surface area contributed by atoms with Gasteiger partial charge in [-0.3, -0.25) is 0 Å². The van der Waals surface area contributed by atoms with Crippen LogP contribution >= 0.6 is 0 Å². The van der Waals surface area contributed by atoms with Crippen molar-refractivity contribution >= 4 is 6.03 Å². The van der Waals surface area contributed by atoms with Crippen LogP contribution in [0.1, 0.15) is 39.0 Å². The number of nitrogens with one attached hydrogen (secondary N) is 4. The van der Waals surface area contributed by atoms with Gasteiger partial charge in [0.1, 0.15) is 0 Å². The minimum atomic E-state index is -0.0119. The summed E-state index contributed by atoms with van der Waals surface area (Å²) in [5, 5.41) is 12.8. The molecule has 2 rings (SSSR count). The van der Waals surface area contributed by atoms with Gasteiger partial charge in [0, 0.05) is 12.6 Å². The van der Waals surface area contributed by atoms with Gasteiger partial charge in [0.25, 0.3) is 0 Å². The van der Waals surface area contributed by atoms with E-state index < -0.39 is 0 Å². The van der Waals surface area contributed by atoms with Crippen molar-refractivity contribution in [2.75, 3.05) is 19.6 Å². The van der Waals surface area contributed by atoms with E-state index in [-0.39, 0.29) is 6.03 Å². The van der Waals surface area contributed by atoms with Crippen molar-refractivity contribution in [3.63, 3.8) is 0 Å². The summed E-state index contributed by atoms with van der Waals surface area (Å²) in [5.74, 6) is 0.802. The van der Waals surface area contributed by atoms with Gasteiger partial charge in [0.2, 0.25) is 0 Å². The van der Waals surface area contributed by atoms with Crippen molar-refractivity contribution in [2.24, 2.45) is 5.92 Å². The summed E-state index contributed by atoms with van der Waals surface area (Å²) in [5.41, 5.74) is 0. The molecule has 18 heavy (non-hydrogen) atoms. The van der Waals surface area contributed by atoms with Gasteiger partial charge >= 0.3 is 6.03 Å². The molecule has 2 atom stereocenters. The van der Waals surface area contributed by atoms with E-state index in [2.05, 4.69) is 28.2 Å². The van der Waals surface area contributed by atoms with E-state index in [1.165, 1.54) is 12.8 Å². The second-order valence-electron chi connectivity index (χ2n) is 5.63. The van der Waals surface area contributed by atoms with Crippen LogP contribution in [0.5, 0.6) is 0 Å². The Balaban J connectivity index is 1.42. The SMILES string of the molecule is CC1CCC(NCCCNC(=O)NC2CC2)NC1. The minimum Gasteiger partial charge on any atom is -0.338 e. The highest BCUT2D eigenvalue weighted by atomic mass is 16.2. The third kappa shape index (κ3) is 5.23. The monoisotopic (exact) mass is 254 g/mol. The molecule has 2 aliphatic rings. The van der Waals surface area contributed by atoms with Crippen LogP contribution in [0.15, 0.2) is 0 Å². The van der Waals surface area contributed by atoms with Gasteiger partial charge in [-0.15, -0.1) is 0 Å². The summed E-state index contributed by atoms with van der Waals surface area (Å²) in [7, 11) is 0. The molecule has 2 unspecified atom stereocenters. The first-order valence-electron chi connectivity index (χ1n) is 7.25. The molecule has 2 amide bonds. The third-order valence-corrected chi connectivity index (χ3v) is 3.60. The van der Waals surface area contributed by atoms with Crippen LogP contribution in [-0.4, -0.2) is 37.9 Å². The summed E-state index contributed by atoms with van der Waals surface area (Å²) in [6.07, 6.45) is 6.22. The number of carbonyl (C=O) groups excluding carboxylic acids is 1. The number of hydrogen-bond donors (Lipinski definition) is 4. The molecular formula is C13H26N4O. The van der Waals surface area contributed by atoms with Crippen molar-refractivity contribution in [1.82, 2.24) is 21.3 Å². The lowest BCUT2D eigenvalue weighted by Crippen LogP contribution is -2.48. The zero-order valence-electron chi connectivity index (χ0n) is 11.3. The van der Waals surface area contributed by atoms with Crippen molar-refractivity contribution in [3.8, 4) is 0 Å². The third-order valence-electron chi connectivity index (χ3n) is 3.60. The molecule has 5 nitrogen and oxygen atoms in total. The zero-order valence-corrected chi connectivity index (χ0v) is 11.3. The van der Waals surface area contributed by atoms with E-state index in [1.807, 2.05) is 0 Å². The molecule has 0 aromatic rings. The van der Waals surface area contributed by atoms with Crippen LogP contribution in [0.3, 0.4) is 0 Å².